The molecule has 0 spiro atoms. The molecule has 0 saturated heterocycles. The molecule has 1 aromatic rings. The van der Waals surface area contributed by atoms with Gasteiger partial charge in [0.2, 0.25) is 0 Å². The maximum Gasteiger partial charge on any atom is 0.341 e. The van der Waals surface area contributed by atoms with Gasteiger partial charge in [0.15, 0.2) is 0 Å². The molecule has 100 valence electrons. The van der Waals surface area contributed by atoms with E-state index in [9.17, 15) is 4.79 Å². The molecule has 0 bridgehead atoms. The third-order valence-corrected chi connectivity index (χ3v) is 2.21. The molecule has 0 unspecified atom stereocenters. The number of aromatic nitrogens is 1. The van der Waals surface area contributed by atoms with Gasteiger partial charge in [-0.15, -0.1) is 0 Å². The third kappa shape index (κ3) is 4.68. The van der Waals surface area contributed by atoms with Crippen LogP contribution in [0.4, 0.5) is 5.82 Å². The molecular formula is C12H18N2O4. The highest BCUT2D eigenvalue weighted by molar-refractivity contribution is 5.94. The summed E-state index contributed by atoms with van der Waals surface area (Å²) in [4.78, 5) is 15.5. The Morgan fingerprint density at radius 3 is 3.06 bits per heavy atom. The number of carbonyl (C=O) groups is 1. The Morgan fingerprint density at radius 2 is 2.33 bits per heavy atom. The largest absolute Gasteiger partial charge is 0.465 e. The average molecular weight is 254 g/mol. The fourth-order valence-electron chi connectivity index (χ4n) is 1.37. The van der Waals surface area contributed by atoms with Gasteiger partial charge < -0.3 is 19.9 Å². The molecule has 0 aliphatic carbocycles. The minimum absolute atomic E-state index is 0.0279. The van der Waals surface area contributed by atoms with Gasteiger partial charge in [-0.1, -0.05) is 0 Å². The summed E-state index contributed by atoms with van der Waals surface area (Å²) in [5.41, 5.74) is 0.413. The summed E-state index contributed by atoms with van der Waals surface area (Å²) in [7, 11) is 1.34. The van der Waals surface area contributed by atoms with Crippen molar-refractivity contribution in [3.05, 3.63) is 23.9 Å². The van der Waals surface area contributed by atoms with E-state index in [4.69, 9.17) is 9.84 Å². The Kier molecular flexibility index (Phi) is 6.75. The zero-order valence-corrected chi connectivity index (χ0v) is 10.4. The van der Waals surface area contributed by atoms with Gasteiger partial charge in [-0.05, 0) is 18.6 Å². The van der Waals surface area contributed by atoms with Gasteiger partial charge in [0.25, 0.3) is 0 Å². The fraction of sp³-hybridized carbons (Fsp3) is 0.500. The van der Waals surface area contributed by atoms with Crippen LogP contribution in [-0.2, 0) is 9.47 Å². The maximum atomic E-state index is 11.5. The molecule has 6 nitrogen and oxygen atoms in total. The number of hydrogen-bond acceptors (Lipinski definition) is 6. The third-order valence-electron chi connectivity index (χ3n) is 2.21. The summed E-state index contributed by atoms with van der Waals surface area (Å²) in [5.74, 6) is 0.0913. The number of rotatable bonds is 8. The molecule has 0 fully saturated rings. The number of ether oxygens (including phenoxy) is 2. The summed E-state index contributed by atoms with van der Waals surface area (Å²) in [6.07, 6.45) is 2.37. The van der Waals surface area contributed by atoms with Crippen LogP contribution in [-0.4, -0.2) is 49.5 Å². The second kappa shape index (κ2) is 8.43. The zero-order valence-electron chi connectivity index (χ0n) is 10.4. The molecule has 0 amide bonds. The highest BCUT2D eigenvalue weighted by Gasteiger charge is 2.11. The number of aliphatic hydroxyl groups is 1. The summed E-state index contributed by atoms with van der Waals surface area (Å²) < 4.78 is 9.78. The van der Waals surface area contributed by atoms with Crippen molar-refractivity contribution in [2.45, 2.75) is 6.42 Å². The first kappa shape index (κ1) is 14.4. The summed E-state index contributed by atoms with van der Waals surface area (Å²) >= 11 is 0. The van der Waals surface area contributed by atoms with Gasteiger partial charge >= 0.3 is 5.97 Å². The van der Waals surface area contributed by atoms with Crippen LogP contribution in [0.3, 0.4) is 0 Å². The maximum absolute atomic E-state index is 11.5. The van der Waals surface area contributed by atoms with Crippen molar-refractivity contribution >= 4 is 11.8 Å². The predicted molar refractivity (Wildman–Crippen MR) is 66.6 cm³/mol. The molecule has 0 aliphatic heterocycles. The smallest absolute Gasteiger partial charge is 0.341 e. The van der Waals surface area contributed by atoms with Gasteiger partial charge in [0, 0.05) is 19.3 Å². The van der Waals surface area contributed by atoms with Crippen molar-refractivity contribution in [2.24, 2.45) is 0 Å². The lowest BCUT2D eigenvalue weighted by molar-refractivity contribution is 0.0601. The molecule has 0 aliphatic rings. The van der Waals surface area contributed by atoms with E-state index in [1.165, 1.54) is 7.11 Å². The molecule has 0 atom stereocenters. The number of esters is 1. The second-order valence-corrected chi connectivity index (χ2v) is 3.51. The van der Waals surface area contributed by atoms with Gasteiger partial charge in [-0.3, -0.25) is 0 Å². The van der Waals surface area contributed by atoms with E-state index in [1.54, 1.807) is 18.3 Å². The summed E-state index contributed by atoms with van der Waals surface area (Å²) in [5, 5.41) is 11.6. The quantitative estimate of drug-likeness (QED) is 0.524. The van der Waals surface area contributed by atoms with Crippen molar-refractivity contribution in [1.29, 1.82) is 0 Å². The zero-order chi connectivity index (χ0) is 13.2. The topological polar surface area (TPSA) is 80.7 Å². The molecule has 1 heterocycles. The first-order chi connectivity index (χ1) is 8.79. The van der Waals surface area contributed by atoms with Crippen LogP contribution in [0, 0.1) is 0 Å². The average Bonchev–Trinajstić information content (AvgIpc) is 2.42. The molecule has 6 heteroatoms. The minimum Gasteiger partial charge on any atom is -0.465 e. The number of nitrogens with zero attached hydrogens (tertiary/aromatic N) is 1. The van der Waals surface area contributed by atoms with Crippen LogP contribution in [0.5, 0.6) is 0 Å². The van der Waals surface area contributed by atoms with Crippen LogP contribution in [0.2, 0.25) is 0 Å². The van der Waals surface area contributed by atoms with Gasteiger partial charge in [-0.2, -0.15) is 0 Å². The Balaban J connectivity index is 2.39. The monoisotopic (exact) mass is 254 g/mol. The van der Waals surface area contributed by atoms with Crippen LogP contribution in [0.15, 0.2) is 18.3 Å². The normalized spacial score (nSPS) is 10.1. The van der Waals surface area contributed by atoms with Crippen LogP contribution < -0.4 is 5.32 Å². The van der Waals surface area contributed by atoms with Crippen molar-refractivity contribution in [2.75, 3.05) is 38.8 Å². The fourth-order valence-corrected chi connectivity index (χ4v) is 1.37. The van der Waals surface area contributed by atoms with Gasteiger partial charge in [0.1, 0.15) is 11.4 Å². The van der Waals surface area contributed by atoms with Gasteiger partial charge in [-0.25, -0.2) is 9.78 Å². The molecule has 0 saturated carbocycles. The highest BCUT2D eigenvalue weighted by Crippen LogP contribution is 2.12. The molecule has 18 heavy (non-hydrogen) atoms. The van der Waals surface area contributed by atoms with E-state index in [-0.39, 0.29) is 6.61 Å². The predicted octanol–water partition coefficient (Wildman–Crippen LogP) is 0.679. The van der Waals surface area contributed by atoms with Crippen molar-refractivity contribution < 1.29 is 19.4 Å². The molecule has 1 aromatic heterocycles. The lowest BCUT2D eigenvalue weighted by Gasteiger charge is -2.09. The molecular weight excluding hydrogens is 236 g/mol. The van der Waals surface area contributed by atoms with E-state index in [1.807, 2.05) is 0 Å². The summed E-state index contributed by atoms with van der Waals surface area (Å²) in [6.45, 7) is 1.55. The first-order valence-electron chi connectivity index (χ1n) is 5.75. The number of nitrogens with one attached hydrogen (secondary N) is 1. The Hall–Kier alpha value is -1.66. The molecule has 1 rings (SSSR count). The number of anilines is 1. The van der Waals surface area contributed by atoms with E-state index in [0.717, 1.165) is 6.42 Å². The van der Waals surface area contributed by atoms with E-state index in [0.29, 0.717) is 31.1 Å². The Bertz CT molecular complexity index is 371. The number of methoxy groups -OCH3 is 1. The molecule has 2 N–H and O–H groups in total. The highest BCUT2D eigenvalue weighted by atomic mass is 16.5. The Labute approximate surface area is 106 Å². The number of aliphatic hydroxyl groups excluding tert-OH is 1. The van der Waals surface area contributed by atoms with E-state index >= 15 is 0 Å². The number of carbonyl (C=O) groups excluding carboxylic acids is 1. The van der Waals surface area contributed by atoms with E-state index in [2.05, 4.69) is 15.0 Å². The van der Waals surface area contributed by atoms with Crippen molar-refractivity contribution in [3.63, 3.8) is 0 Å². The lowest BCUT2D eigenvalue weighted by Crippen LogP contribution is -2.12. The minimum atomic E-state index is -0.415. The standard InChI is InChI=1S/C12H18N2O4/c1-17-12(16)10-4-2-5-13-11(10)14-6-3-8-18-9-7-15/h2,4-5,15H,3,6-9H2,1H3,(H,13,14). The van der Waals surface area contributed by atoms with Crippen molar-refractivity contribution in [1.82, 2.24) is 4.98 Å². The number of pyridine rings is 1. The first-order valence-corrected chi connectivity index (χ1v) is 5.75. The SMILES string of the molecule is COC(=O)c1cccnc1NCCCOCCO. The Morgan fingerprint density at radius 1 is 1.50 bits per heavy atom. The lowest BCUT2D eigenvalue weighted by atomic mass is 10.2. The van der Waals surface area contributed by atoms with Crippen LogP contribution >= 0.6 is 0 Å². The van der Waals surface area contributed by atoms with E-state index < -0.39 is 5.97 Å². The summed E-state index contributed by atoms with van der Waals surface area (Å²) in [6, 6.07) is 3.34. The van der Waals surface area contributed by atoms with Crippen LogP contribution in [0.25, 0.3) is 0 Å². The van der Waals surface area contributed by atoms with Gasteiger partial charge in [0.05, 0.1) is 20.3 Å². The second-order valence-electron chi connectivity index (χ2n) is 3.51. The molecule has 0 radical (unpaired) electrons. The number of hydrogen-bond donors (Lipinski definition) is 2. The molecule has 0 aromatic carbocycles. The van der Waals surface area contributed by atoms with Crippen LogP contribution in [0.1, 0.15) is 16.8 Å². The van der Waals surface area contributed by atoms with Crippen molar-refractivity contribution in [3.8, 4) is 0 Å².